The van der Waals surface area contributed by atoms with Crippen molar-refractivity contribution in [2.75, 3.05) is 7.05 Å². The molecule has 1 atom stereocenters. The summed E-state index contributed by atoms with van der Waals surface area (Å²) in [6.07, 6.45) is 0.758. The lowest BCUT2D eigenvalue weighted by Crippen LogP contribution is -2.47. The van der Waals surface area contributed by atoms with E-state index in [1.165, 1.54) is 0 Å². The molecule has 0 radical (unpaired) electrons. The van der Waals surface area contributed by atoms with Crippen molar-refractivity contribution in [2.45, 2.75) is 46.6 Å². The molecule has 1 N–H and O–H groups in total. The van der Waals surface area contributed by atoms with Gasteiger partial charge in [0.15, 0.2) is 0 Å². The van der Waals surface area contributed by atoms with Crippen molar-refractivity contribution in [3.63, 3.8) is 0 Å². The Balaban J connectivity index is 2.74. The highest BCUT2D eigenvalue weighted by Gasteiger charge is 2.30. The third kappa shape index (κ3) is 3.28. The van der Waals surface area contributed by atoms with Crippen LogP contribution in [0.25, 0.3) is 0 Å². The minimum absolute atomic E-state index is 0.0168. The maximum Gasteiger partial charge on any atom is 0.270 e. The van der Waals surface area contributed by atoms with E-state index in [1.54, 1.807) is 11.9 Å². The van der Waals surface area contributed by atoms with Crippen molar-refractivity contribution < 1.29 is 9.59 Å². The molecule has 0 aromatic carbocycles. The molecule has 0 aromatic heterocycles. The Hall–Kier alpha value is -1.39. The molecule has 1 unspecified atom stereocenters. The van der Waals surface area contributed by atoms with E-state index in [4.69, 9.17) is 0 Å². The quantitative estimate of drug-likeness (QED) is 0.785. The summed E-state index contributed by atoms with van der Waals surface area (Å²) in [5, 5.41) is 3.82. The van der Waals surface area contributed by atoms with Crippen molar-refractivity contribution in [3.8, 4) is 0 Å². The molecule has 1 rings (SSSR count). The van der Waals surface area contributed by atoms with Crippen LogP contribution in [-0.4, -0.2) is 35.5 Å². The fraction of sp³-hybridized carbons (Fsp3) is 0.750. The van der Waals surface area contributed by atoms with Crippen molar-refractivity contribution in [3.05, 3.63) is 0 Å². The van der Waals surface area contributed by atoms with Crippen molar-refractivity contribution in [1.29, 1.82) is 0 Å². The third-order valence-electron chi connectivity index (χ3n) is 3.31. The van der Waals surface area contributed by atoms with Crippen LogP contribution in [0, 0.1) is 5.41 Å². The van der Waals surface area contributed by atoms with Gasteiger partial charge in [-0.15, -0.1) is 0 Å². The molecule has 0 saturated heterocycles. The normalized spacial score (nSPS) is 18.2. The topological polar surface area (TPSA) is 61.8 Å². The highest BCUT2D eigenvalue weighted by molar-refractivity contribution is 6.39. The molecule has 0 aliphatic carbocycles. The molecule has 1 heterocycles. The van der Waals surface area contributed by atoms with Crippen LogP contribution in [0.1, 0.15) is 40.5 Å². The van der Waals surface area contributed by atoms with Gasteiger partial charge in [-0.3, -0.25) is 9.59 Å². The zero-order valence-electron chi connectivity index (χ0n) is 11.2. The van der Waals surface area contributed by atoms with Gasteiger partial charge in [0.05, 0.1) is 0 Å². The number of hydrazone groups is 1. The monoisotopic (exact) mass is 239 g/mol. The lowest BCUT2D eigenvalue weighted by atomic mass is 9.87. The summed E-state index contributed by atoms with van der Waals surface area (Å²) in [6.45, 7) is 8.28. The first-order valence-corrected chi connectivity index (χ1v) is 5.86. The summed E-state index contributed by atoms with van der Waals surface area (Å²) in [5.74, 6) is -0.236. The van der Waals surface area contributed by atoms with E-state index in [1.807, 2.05) is 6.92 Å². The molecule has 5 heteroatoms. The van der Waals surface area contributed by atoms with Gasteiger partial charge >= 0.3 is 0 Å². The van der Waals surface area contributed by atoms with Crippen molar-refractivity contribution >= 4 is 17.5 Å². The Bertz CT molecular complexity index is 355. The molecule has 0 saturated carbocycles. The van der Waals surface area contributed by atoms with Gasteiger partial charge in [0.25, 0.3) is 5.91 Å². The predicted molar refractivity (Wildman–Crippen MR) is 66.5 cm³/mol. The number of rotatable bonds is 2. The molecule has 2 amide bonds. The van der Waals surface area contributed by atoms with Crippen LogP contribution in [0.4, 0.5) is 0 Å². The van der Waals surface area contributed by atoms with Crippen LogP contribution in [0.2, 0.25) is 0 Å². The smallest absolute Gasteiger partial charge is 0.270 e. The van der Waals surface area contributed by atoms with Gasteiger partial charge < -0.3 is 4.90 Å². The average molecular weight is 239 g/mol. The molecule has 0 spiro atoms. The summed E-state index contributed by atoms with van der Waals surface area (Å²) >= 11 is 0. The first kappa shape index (κ1) is 13.7. The summed E-state index contributed by atoms with van der Waals surface area (Å²) in [4.78, 5) is 24.8. The van der Waals surface area contributed by atoms with Crippen LogP contribution in [0.15, 0.2) is 5.10 Å². The fourth-order valence-electron chi connectivity index (χ4n) is 1.59. The van der Waals surface area contributed by atoms with Crippen LogP contribution in [-0.2, 0) is 9.59 Å². The largest absolute Gasteiger partial charge is 0.337 e. The van der Waals surface area contributed by atoms with Crippen LogP contribution in [0.5, 0.6) is 0 Å². The number of nitrogens with zero attached hydrogens (tertiary/aromatic N) is 2. The number of carbonyl (C=O) groups excluding carboxylic acids is 2. The first-order valence-electron chi connectivity index (χ1n) is 5.86. The van der Waals surface area contributed by atoms with E-state index in [2.05, 4.69) is 31.3 Å². The van der Waals surface area contributed by atoms with Gasteiger partial charge in [0.2, 0.25) is 5.91 Å². The first-order chi connectivity index (χ1) is 7.73. The third-order valence-corrected chi connectivity index (χ3v) is 3.31. The van der Waals surface area contributed by atoms with Gasteiger partial charge in [-0.2, -0.15) is 5.10 Å². The second-order valence-corrected chi connectivity index (χ2v) is 5.55. The molecule has 1 aliphatic rings. The molecule has 0 fully saturated rings. The number of carbonyl (C=O) groups is 2. The molecular weight excluding hydrogens is 218 g/mol. The lowest BCUT2D eigenvalue weighted by Gasteiger charge is -2.35. The lowest BCUT2D eigenvalue weighted by molar-refractivity contribution is -0.126. The van der Waals surface area contributed by atoms with E-state index in [0.29, 0.717) is 18.6 Å². The van der Waals surface area contributed by atoms with E-state index >= 15 is 0 Å². The minimum Gasteiger partial charge on any atom is -0.337 e. The maximum atomic E-state index is 12.1. The van der Waals surface area contributed by atoms with Crippen LogP contribution >= 0.6 is 0 Å². The Morgan fingerprint density at radius 3 is 2.41 bits per heavy atom. The Morgan fingerprint density at radius 1 is 1.41 bits per heavy atom. The standard InChI is InChI=1S/C12H21N3O2/c1-8(12(2,3)4)15(5)11(17)9-6-7-10(16)14-13-9/h8H,6-7H2,1-5H3,(H,14,16). The SMILES string of the molecule is CC(N(C)C(=O)C1=NNC(=O)CC1)C(C)(C)C. The molecular formula is C12H21N3O2. The molecule has 0 aromatic rings. The molecule has 17 heavy (non-hydrogen) atoms. The summed E-state index contributed by atoms with van der Waals surface area (Å²) in [7, 11) is 1.77. The summed E-state index contributed by atoms with van der Waals surface area (Å²) in [6, 6.07) is 0.107. The Morgan fingerprint density at radius 2 is 2.00 bits per heavy atom. The number of nitrogens with one attached hydrogen (secondary N) is 1. The highest BCUT2D eigenvalue weighted by Crippen LogP contribution is 2.23. The highest BCUT2D eigenvalue weighted by atomic mass is 16.2. The second-order valence-electron chi connectivity index (χ2n) is 5.55. The van der Waals surface area contributed by atoms with Gasteiger partial charge in [-0.1, -0.05) is 20.8 Å². The zero-order chi connectivity index (χ0) is 13.2. The number of amides is 2. The minimum atomic E-state index is -0.131. The van der Waals surface area contributed by atoms with Gasteiger partial charge in [-0.25, -0.2) is 5.43 Å². The molecule has 96 valence electrons. The summed E-state index contributed by atoms with van der Waals surface area (Å²) < 4.78 is 0. The van der Waals surface area contributed by atoms with Crippen molar-refractivity contribution in [2.24, 2.45) is 10.5 Å². The van der Waals surface area contributed by atoms with E-state index in [0.717, 1.165) is 0 Å². The molecule has 0 bridgehead atoms. The van der Waals surface area contributed by atoms with Crippen molar-refractivity contribution in [1.82, 2.24) is 10.3 Å². The van der Waals surface area contributed by atoms with E-state index in [-0.39, 0.29) is 23.3 Å². The molecule has 5 nitrogen and oxygen atoms in total. The zero-order valence-corrected chi connectivity index (χ0v) is 11.2. The van der Waals surface area contributed by atoms with E-state index in [9.17, 15) is 9.59 Å². The Kier molecular flexibility index (Phi) is 3.91. The van der Waals surface area contributed by atoms with E-state index < -0.39 is 0 Å². The van der Waals surface area contributed by atoms with Gasteiger partial charge in [-0.05, 0) is 12.3 Å². The fourth-order valence-corrected chi connectivity index (χ4v) is 1.59. The van der Waals surface area contributed by atoms with Gasteiger partial charge in [0.1, 0.15) is 5.71 Å². The Labute approximate surface area is 102 Å². The second kappa shape index (κ2) is 4.85. The maximum absolute atomic E-state index is 12.1. The average Bonchev–Trinajstić information content (AvgIpc) is 2.26. The van der Waals surface area contributed by atoms with Crippen LogP contribution < -0.4 is 5.43 Å². The van der Waals surface area contributed by atoms with Crippen LogP contribution in [0.3, 0.4) is 0 Å². The van der Waals surface area contributed by atoms with Gasteiger partial charge in [0, 0.05) is 25.9 Å². The number of hydrogen-bond acceptors (Lipinski definition) is 3. The number of hydrogen-bond donors (Lipinski definition) is 1. The predicted octanol–water partition coefficient (Wildman–Crippen LogP) is 1.15. The summed E-state index contributed by atoms with van der Waals surface area (Å²) in [5.41, 5.74) is 2.80. The molecule has 1 aliphatic heterocycles.